The molecule has 1 fully saturated rings. The molecule has 2 N–H and O–H groups in total. The Morgan fingerprint density at radius 1 is 1.15 bits per heavy atom. The molecule has 5 rings (SSSR count). The van der Waals surface area contributed by atoms with E-state index in [-0.39, 0.29) is 45.3 Å². The van der Waals surface area contributed by atoms with Crippen LogP contribution in [0.15, 0.2) is 46.9 Å². The molecule has 0 aliphatic carbocycles. The number of ether oxygens (including phenoxy) is 3. The number of methoxy groups -OCH3 is 1. The van der Waals surface area contributed by atoms with Crippen LogP contribution in [-0.4, -0.2) is 69.8 Å². The SMILES string of the molecule is COCc1nc(NC(=O)c2cc(Oc3ccc(-c4nnc(C)o4)cc3)cc(OC3CCN(C)C3=O)c2)sc1C(=O)O. The summed E-state index contributed by atoms with van der Waals surface area (Å²) >= 11 is 0.817. The number of thiazole rings is 1. The smallest absolute Gasteiger partial charge is 0.347 e. The van der Waals surface area contributed by atoms with Crippen LogP contribution in [-0.2, 0) is 16.1 Å². The first-order valence-electron chi connectivity index (χ1n) is 12.4. The summed E-state index contributed by atoms with van der Waals surface area (Å²) in [6.45, 7) is 2.23. The number of nitrogens with zero attached hydrogens (tertiary/aromatic N) is 4. The number of likely N-dealkylation sites (tertiary alicyclic amines) is 1. The van der Waals surface area contributed by atoms with Crippen LogP contribution in [0.3, 0.4) is 0 Å². The first-order chi connectivity index (χ1) is 19.7. The van der Waals surface area contributed by atoms with Crippen molar-refractivity contribution in [1.29, 1.82) is 0 Å². The highest BCUT2D eigenvalue weighted by Gasteiger charge is 2.31. The van der Waals surface area contributed by atoms with Crippen molar-refractivity contribution in [3.63, 3.8) is 0 Å². The van der Waals surface area contributed by atoms with Crippen molar-refractivity contribution in [3.8, 4) is 28.7 Å². The lowest BCUT2D eigenvalue weighted by molar-refractivity contribution is -0.132. The van der Waals surface area contributed by atoms with Crippen molar-refractivity contribution >= 4 is 34.3 Å². The van der Waals surface area contributed by atoms with Crippen LogP contribution >= 0.6 is 11.3 Å². The summed E-state index contributed by atoms with van der Waals surface area (Å²) in [7, 11) is 3.11. The number of nitrogens with one attached hydrogen (secondary N) is 1. The van der Waals surface area contributed by atoms with Gasteiger partial charge < -0.3 is 28.6 Å². The summed E-state index contributed by atoms with van der Waals surface area (Å²) in [5, 5.41) is 20.0. The van der Waals surface area contributed by atoms with Gasteiger partial charge in [-0.15, -0.1) is 10.2 Å². The average molecular weight is 580 g/mol. The Morgan fingerprint density at radius 2 is 1.90 bits per heavy atom. The van der Waals surface area contributed by atoms with E-state index in [1.807, 2.05) is 0 Å². The molecule has 0 radical (unpaired) electrons. The normalized spacial score (nSPS) is 14.8. The Morgan fingerprint density at radius 3 is 2.54 bits per heavy atom. The molecule has 0 spiro atoms. The van der Waals surface area contributed by atoms with Gasteiger partial charge in [0.2, 0.25) is 11.8 Å². The van der Waals surface area contributed by atoms with E-state index in [1.165, 1.54) is 19.2 Å². The van der Waals surface area contributed by atoms with Gasteiger partial charge in [-0.25, -0.2) is 9.78 Å². The van der Waals surface area contributed by atoms with E-state index in [2.05, 4.69) is 20.5 Å². The molecule has 3 heterocycles. The Hall–Kier alpha value is -4.82. The fourth-order valence-electron chi connectivity index (χ4n) is 4.08. The molecule has 1 aliphatic heterocycles. The molecule has 2 amide bonds. The number of aromatic nitrogens is 3. The van der Waals surface area contributed by atoms with E-state index in [0.29, 0.717) is 36.1 Å². The Labute approximate surface area is 237 Å². The minimum atomic E-state index is -1.17. The number of hydrogen-bond acceptors (Lipinski definition) is 11. The number of carbonyl (C=O) groups is 3. The van der Waals surface area contributed by atoms with Crippen molar-refractivity contribution in [2.24, 2.45) is 0 Å². The van der Waals surface area contributed by atoms with Gasteiger partial charge in [0.25, 0.3) is 11.8 Å². The van der Waals surface area contributed by atoms with Gasteiger partial charge in [-0.1, -0.05) is 11.3 Å². The van der Waals surface area contributed by atoms with Crippen LogP contribution in [0, 0.1) is 6.92 Å². The minimum absolute atomic E-state index is 0.0237. The lowest BCUT2D eigenvalue weighted by Gasteiger charge is -2.15. The molecular weight excluding hydrogens is 554 g/mol. The summed E-state index contributed by atoms with van der Waals surface area (Å²) in [4.78, 5) is 43.0. The molecule has 2 aromatic carbocycles. The number of anilines is 1. The third-order valence-corrected chi connectivity index (χ3v) is 7.06. The van der Waals surface area contributed by atoms with E-state index < -0.39 is 18.0 Å². The van der Waals surface area contributed by atoms with E-state index >= 15 is 0 Å². The van der Waals surface area contributed by atoms with Crippen LogP contribution in [0.25, 0.3) is 11.5 Å². The molecule has 2 aromatic heterocycles. The van der Waals surface area contributed by atoms with Crippen molar-refractivity contribution in [2.75, 3.05) is 26.0 Å². The zero-order chi connectivity index (χ0) is 29.1. The number of carboxylic acid groups (broad SMARTS) is 1. The van der Waals surface area contributed by atoms with Crippen LogP contribution in [0.4, 0.5) is 5.13 Å². The fourth-order valence-corrected chi connectivity index (χ4v) is 4.89. The zero-order valence-electron chi connectivity index (χ0n) is 22.2. The molecule has 4 aromatic rings. The summed E-state index contributed by atoms with van der Waals surface area (Å²) in [5.74, 6) is -0.107. The molecule has 13 nitrogen and oxygen atoms in total. The second-order valence-electron chi connectivity index (χ2n) is 9.09. The lowest BCUT2D eigenvalue weighted by Crippen LogP contribution is -2.29. The van der Waals surface area contributed by atoms with E-state index in [1.54, 1.807) is 49.2 Å². The van der Waals surface area contributed by atoms with Gasteiger partial charge in [0.1, 0.15) is 22.1 Å². The highest BCUT2D eigenvalue weighted by atomic mass is 32.1. The van der Waals surface area contributed by atoms with Crippen molar-refractivity contribution < 1.29 is 38.1 Å². The molecule has 1 aliphatic rings. The minimum Gasteiger partial charge on any atom is -0.480 e. The van der Waals surface area contributed by atoms with E-state index in [4.69, 9.17) is 18.6 Å². The number of rotatable bonds is 10. The number of amides is 2. The molecule has 1 saturated heterocycles. The Balaban J connectivity index is 1.41. The monoisotopic (exact) mass is 579 g/mol. The van der Waals surface area contributed by atoms with Crippen molar-refractivity contribution in [1.82, 2.24) is 20.1 Å². The van der Waals surface area contributed by atoms with Crippen LogP contribution in [0.2, 0.25) is 0 Å². The third-order valence-electron chi connectivity index (χ3n) is 6.06. The second kappa shape index (κ2) is 11.7. The number of carbonyl (C=O) groups excluding carboxylic acids is 2. The summed E-state index contributed by atoms with van der Waals surface area (Å²) in [5.41, 5.74) is 1.05. The van der Waals surface area contributed by atoms with Crippen molar-refractivity contribution in [3.05, 3.63) is 64.5 Å². The lowest BCUT2D eigenvalue weighted by atomic mass is 10.1. The maximum absolute atomic E-state index is 13.2. The fraction of sp³-hybridized carbons (Fsp3) is 0.259. The van der Waals surface area contributed by atoms with Gasteiger partial charge in [0.05, 0.1) is 12.3 Å². The molecule has 41 heavy (non-hydrogen) atoms. The average Bonchev–Trinajstić information content (AvgIpc) is 3.64. The molecule has 0 bridgehead atoms. The molecular formula is C27H25N5O8S. The topological polar surface area (TPSA) is 166 Å². The first kappa shape index (κ1) is 27.7. The number of aromatic carboxylic acids is 1. The number of carboxylic acids is 1. The first-order valence-corrected chi connectivity index (χ1v) is 13.2. The number of hydrogen-bond donors (Lipinski definition) is 2. The van der Waals surface area contributed by atoms with Gasteiger partial charge in [-0.3, -0.25) is 14.9 Å². The summed E-state index contributed by atoms with van der Waals surface area (Å²) in [6.07, 6.45) is -0.199. The summed E-state index contributed by atoms with van der Waals surface area (Å²) < 4.78 is 22.4. The van der Waals surface area contributed by atoms with Crippen LogP contribution in [0.5, 0.6) is 17.2 Å². The van der Waals surface area contributed by atoms with Gasteiger partial charge >= 0.3 is 5.97 Å². The highest BCUT2D eigenvalue weighted by molar-refractivity contribution is 7.17. The predicted molar refractivity (Wildman–Crippen MR) is 145 cm³/mol. The maximum atomic E-state index is 13.2. The quantitative estimate of drug-likeness (QED) is 0.279. The number of aryl methyl sites for hydroxylation is 1. The molecule has 14 heteroatoms. The molecule has 1 unspecified atom stereocenters. The zero-order valence-corrected chi connectivity index (χ0v) is 23.1. The van der Waals surface area contributed by atoms with E-state index in [0.717, 1.165) is 11.3 Å². The van der Waals surface area contributed by atoms with Gasteiger partial charge in [-0.05, 0) is 36.4 Å². The van der Waals surface area contributed by atoms with Crippen LogP contribution < -0.4 is 14.8 Å². The third kappa shape index (κ3) is 6.34. The second-order valence-corrected chi connectivity index (χ2v) is 10.1. The van der Waals surface area contributed by atoms with E-state index in [9.17, 15) is 19.5 Å². The number of likely N-dealkylation sites (N-methyl/N-ethyl adjacent to an activating group) is 1. The van der Waals surface area contributed by atoms with Gasteiger partial charge in [0, 0.05) is 51.2 Å². The van der Waals surface area contributed by atoms with Gasteiger partial charge in [0.15, 0.2) is 11.2 Å². The highest BCUT2D eigenvalue weighted by Crippen LogP contribution is 2.32. The van der Waals surface area contributed by atoms with Gasteiger partial charge in [-0.2, -0.15) is 0 Å². The van der Waals surface area contributed by atoms with Crippen molar-refractivity contribution in [2.45, 2.75) is 26.1 Å². The largest absolute Gasteiger partial charge is 0.480 e. The van der Waals surface area contributed by atoms with Crippen LogP contribution in [0.1, 0.15) is 38.0 Å². The maximum Gasteiger partial charge on any atom is 0.347 e. The summed E-state index contributed by atoms with van der Waals surface area (Å²) in [6, 6.07) is 11.5. The standard InChI is InChI=1S/C27H25N5O8S/c1-14-30-31-24(38-14)15-4-6-17(7-5-15)39-18-10-16(11-19(12-18)40-21-8-9-32(2)25(21)34)23(33)29-27-28-20(13-37-3)22(41-27)26(35)36/h4-7,10-12,21H,8-9,13H2,1-3H3,(H,35,36)(H,28,29,33). The predicted octanol–water partition coefficient (Wildman–Crippen LogP) is 4.00. The molecule has 1 atom stereocenters. The Kier molecular flexibility index (Phi) is 7.94. The molecule has 0 saturated carbocycles. The Bertz CT molecular complexity index is 1600. The number of benzene rings is 2. The molecule has 212 valence electrons.